The third kappa shape index (κ3) is 4.73. The molecule has 0 atom stereocenters. The maximum absolute atomic E-state index is 12.7. The zero-order chi connectivity index (χ0) is 20.3. The monoisotopic (exact) mass is 495 g/mol. The van der Waals surface area contributed by atoms with Crippen LogP contribution in [0.25, 0.3) is 6.08 Å². The average molecular weight is 497 g/mol. The number of thioether (sulfide) groups is 1. The summed E-state index contributed by atoms with van der Waals surface area (Å²) in [6, 6.07) is 10.6. The van der Waals surface area contributed by atoms with Crippen LogP contribution in [-0.2, 0) is 11.3 Å². The number of hydrogen-bond donors (Lipinski definition) is 0. The molecular weight excluding hydrogens is 485 g/mol. The highest BCUT2D eigenvalue weighted by Crippen LogP contribution is 2.37. The van der Waals surface area contributed by atoms with Crippen LogP contribution in [0.4, 0.5) is 4.79 Å². The number of nitrogens with zero attached hydrogens (tertiary/aromatic N) is 1. The van der Waals surface area contributed by atoms with Crippen LogP contribution in [0.5, 0.6) is 5.75 Å². The molecule has 1 aliphatic rings. The van der Waals surface area contributed by atoms with Gasteiger partial charge in [-0.3, -0.25) is 14.5 Å². The molecule has 0 aliphatic carbocycles. The van der Waals surface area contributed by atoms with Crippen LogP contribution in [0, 0.1) is 12.3 Å². The first-order valence-electron chi connectivity index (χ1n) is 7.94. The summed E-state index contributed by atoms with van der Waals surface area (Å²) in [5, 5.41) is 0.205. The summed E-state index contributed by atoms with van der Waals surface area (Å²) in [5.74, 6) is 2.25. The maximum atomic E-state index is 12.7. The summed E-state index contributed by atoms with van der Waals surface area (Å²) in [7, 11) is 0. The van der Waals surface area contributed by atoms with Crippen LogP contribution in [0.3, 0.4) is 0 Å². The fourth-order valence-corrected chi connectivity index (χ4v) is 4.19. The lowest BCUT2D eigenvalue weighted by Crippen LogP contribution is -2.27. The summed E-state index contributed by atoms with van der Waals surface area (Å²) in [6.07, 6.45) is 6.75. The molecule has 0 aromatic heterocycles. The highest BCUT2D eigenvalue weighted by Gasteiger charge is 2.35. The van der Waals surface area contributed by atoms with E-state index in [2.05, 4.69) is 21.9 Å². The van der Waals surface area contributed by atoms with Gasteiger partial charge in [0.25, 0.3) is 11.1 Å². The van der Waals surface area contributed by atoms with Gasteiger partial charge in [0.15, 0.2) is 5.75 Å². The summed E-state index contributed by atoms with van der Waals surface area (Å²) in [6.45, 7) is 0.239. The molecule has 0 N–H and O–H groups in total. The lowest BCUT2D eigenvalue weighted by Gasteiger charge is -2.12. The van der Waals surface area contributed by atoms with E-state index in [4.69, 9.17) is 34.4 Å². The topological polar surface area (TPSA) is 46.6 Å². The van der Waals surface area contributed by atoms with Crippen molar-refractivity contribution >= 4 is 68.1 Å². The number of terminal acetylenes is 1. The predicted octanol–water partition coefficient (Wildman–Crippen LogP) is 6.00. The first-order valence-corrected chi connectivity index (χ1v) is 10.3. The molecule has 142 valence electrons. The second-order valence-corrected chi connectivity index (χ2v) is 8.42. The minimum absolute atomic E-state index is 0.0354. The minimum Gasteiger partial charge on any atom is -0.478 e. The van der Waals surface area contributed by atoms with E-state index in [1.54, 1.807) is 18.2 Å². The van der Waals surface area contributed by atoms with Crippen LogP contribution >= 0.6 is 50.9 Å². The lowest BCUT2D eigenvalue weighted by molar-refractivity contribution is -0.123. The summed E-state index contributed by atoms with van der Waals surface area (Å²) < 4.78 is 6.24. The number of benzene rings is 2. The molecule has 1 fully saturated rings. The largest absolute Gasteiger partial charge is 0.478 e. The Morgan fingerprint density at radius 2 is 1.82 bits per heavy atom. The maximum Gasteiger partial charge on any atom is 0.293 e. The average Bonchev–Trinajstić information content (AvgIpc) is 2.90. The van der Waals surface area contributed by atoms with E-state index in [0.29, 0.717) is 10.5 Å². The summed E-state index contributed by atoms with van der Waals surface area (Å²) >= 11 is 16.6. The summed E-state index contributed by atoms with van der Waals surface area (Å²) in [4.78, 5) is 26.5. The molecule has 4 nitrogen and oxygen atoms in total. The molecule has 28 heavy (non-hydrogen) atoms. The van der Waals surface area contributed by atoms with E-state index >= 15 is 0 Å². The first kappa shape index (κ1) is 20.8. The second-order valence-electron chi connectivity index (χ2n) is 5.70. The van der Waals surface area contributed by atoms with Crippen molar-refractivity contribution in [1.82, 2.24) is 4.90 Å². The van der Waals surface area contributed by atoms with Crippen molar-refractivity contribution in [3.63, 3.8) is 0 Å². The Morgan fingerprint density at radius 3 is 2.43 bits per heavy atom. The molecule has 0 bridgehead atoms. The Morgan fingerprint density at radius 1 is 1.18 bits per heavy atom. The molecule has 2 amide bonds. The van der Waals surface area contributed by atoms with Crippen LogP contribution < -0.4 is 4.74 Å². The quantitative estimate of drug-likeness (QED) is 0.376. The Labute approximate surface area is 185 Å². The molecule has 0 saturated carbocycles. The van der Waals surface area contributed by atoms with Crippen molar-refractivity contribution in [2.24, 2.45) is 0 Å². The second kappa shape index (κ2) is 9.06. The number of carbonyl (C=O) groups is 2. The molecule has 3 rings (SSSR count). The Kier molecular flexibility index (Phi) is 6.73. The summed E-state index contributed by atoms with van der Waals surface area (Å²) in [5.41, 5.74) is 1.44. The minimum atomic E-state index is -0.363. The van der Waals surface area contributed by atoms with Crippen molar-refractivity contribution in [1.29, 1.82) is 0 Å². The van der Waals surface area contributed by atoms with Crippen LogP contribution in [-0.4, -0.2) is 22.7 Å². The highest BCUT2D eigenvalue weighted by molar-refractivity contribution is 9.10. The fourth-order valence-electron chi connectivity index (χ4n) is 2.47. The number of halogens is 3. The normalized spacial score (nSPS) is 15.2. The number of carbonyl (C=O) groups excluding carboxylic acids is 2. The molecular formula is C20H12BrCl2NO3S. The Balaban J connectivity index is 1.81. The molecule has 2 aromatic carbocycles. The Hall–Kier alpha value is -1.91. The zero-order valence-electron chi connectivity index (χ0n) is 14.2. The number of hydrogen-bond acceptors (Lipinski definition) is 4. The van der Waals surface area contributed by atoms with Crippen molar-refractivity contribution in [2.75, 3.05) is 6.61 Å². The van der Waals surface area contributed by atoms with Gasteiger partial charge in [-0.1, -0.05) is 57.2 Å². The molecule has 0 unspecified atom stereocenters. The molecule has 1 aliphatic heterocycles. The van der Waals surface area contributed by atoms with E-state index in [0.717, 1.165) is 21.8 Å². The molecule has 1 heterocycles. The van der Waals surface area contributed by atoms with Gasteiger partial charge in [0.2, 0.25) is 0 Å². The lowest BCUT2D eigenvalue weighted by atomic mass is 10.2. The van der Waals surface area contributed by atoms with Gasteiger partial charge >= 0.3 is 0 Å². The third-order valence-corrected chi connectivity index (χ3v) is 5.74. The van der Waals surface area contributed by atoms with Gasteiger partial charge in [-0.2, -0.15) is 0 Å². The van der Waals surface area contributed by atoms with Crippen molar-refractivity contribution < 1.29 is 14.3 Å². The smallest absolute Gasteiger partial charge is 0.293 e. The number of ether oxygens (including phenoxy) is 1. The van der Waals surface area contributed by atoms with Gasteiger partial charge in [-0.15, -0.1) is 6.42 Å². The van der Waals surface area contributed by atoms with Gasteiger partial charge in [0.1, 0.15) is 6.61 Å². The van der Waals surface area contributed by atoms with E-state index < -0.39 is 0 Å². The van der Waals surface area contributed by atoms with Gasteiger partial charge in [0, 0.05) is 4.47 Å². The van der Waals surface area contributed by atoms with Crippen LogP contribution in [0.1, 0.15) is 11.1 Å². The van der Waals surface area contributed by atoms with Crippen molar-refractivity contribution in [3.8, 4) is 18.1 Å². The SMILES string of the molecule is C#CCOc1c(Cl)cc(/C=C2\SC(=O)N(Cc3ccc(Br)cc3)C2=O)cc1Cl. The van der Waals surface area contributed by atoms with E-state index in [9.17, 15) is 9.59 Å². The molecule has 8 heteroatoms. The predicted molar refractivity (Wildman–Crippen MR) is 116 cm³/mol. The Bertz CT molecular complexity index is 992. The van der Waals surface area contributed by atoms with Gasteiger partial charge in [0.05, 0.1) is 21.5 Å². The standard InChI is InChI=1S/C20H12BrCl2NO3S/c1-2-7-27-18-15(22)8-13(9-16(18)23)10-17-19(25)24(20(26)28-17)11-12-3-5-14(21)6-4-12/h1,3-6,8-10H,7,11H2/b17-10-. The molecule has 0 radical (unpaired) electrons. The third-order valence-electron chi connectivity index (χ3n) is 3.75. The molecule has 0 spiro atoms. The van der Waals surface area contributed by atoms with Gasteiger partial charge in [-0.05, 0) is 53.2 Å². The van der Waals surface area contributed by atoms with Crippen LogP contribution in [0.2, 0.25) is 10.0 Å². The van der Waals surface area contributed by atoms with Gasteiger partial charge < -0.3 is 4.74 Å². The van der Waals surface area contributed by atoms with E-state index in [1.807, 2.05) is 24.3 Å². The van der Waals surface area contributed by atoms with Crippen molar-refractivity contribution in [2.45, 2.75) is 6.54 Å². The first-order chi connectivity index (χ1) is 13.4. The molecule has 1 saturated heterocycles. The zero-order valence-corrected chi connectivity index (χ0v) is 18.2. The fraction of sp³-hybridized carbons (Fsp3) is 0.100. The van der Waals surface area contributed by atoms with Crippen LogP contribution in [0.15, 0.2) is 45.8 Å². The van der Waals surface area contributed by atoms with E-state index in [-0.39, 0.29) is 40.1 Å². The number of rotatable bonds is 5. The van der Waals surface area contributed by atoms with E-state index in [1.165, 1.54) is 4.90 Å². The molecule has 2 aromatic rings. The van der Waals surface area contributed by atoms with Crippen molar-refractivity contribution in [3.05, 3.63) is 66.9 Å². The number of imide groups is 1. The highest BCUT2D eigenvalue weighted by atomic mass is 79.9. The van der Waals surface area contributed by atoms with Gasteiger partial charge in [-0.25, -0.2) is 0 Å². The number of amides is 2.